The SMILES string of the molecule is C=[CH][Cu][CH]=C. The van der Waals surface area contributed by atoms with Crippen molar-refractivity contribution in [3.8, 4) is 0 Å². The molecule has 0 rings (SSSR count). The van der Waals surface area contributed by atoms with Gasteiger partial charge in [0, 0.05) is 0 Å². The van der Waals surface area contributed by atoms with Crippen LogP contribution in [-0.2, 0) is 15.0 Å². The van der Waals surface area contributed by atoms with Crippen LogP contribution in [0.15, 0.2) is 23.1 Å². The number of hydrogen-bond donors (Lipinski definition) is 0. The molecule has 0 aromatic heterocycles. The van der Waals surface area contributed by atoms with Crippen molar-refractivity contribution in [3.63, 3.8) is 0 Å². The molecule has 0 aromatic rings. The van der Waals surface area contributed by atoms with Gasteiger partial charge in [0.25, 0.3) is 0 Å². The van der Waals surface area contributed by atoms with Crippen molar-refractivity contribution in [2.45, 2.75) is 0 Å². The molecule has 5 heavy (non-hydrogen) atoms. The van der Waals surface area contributed by atoms with Crippen LogP contribution < -0.4 is 0 Å². The Hall–Kier alpha value is -0.000519. The van der Waals surface area contributed by atoms with E-state index in [0.29, 0.717) is 0 Å². The second-order valence-corrected chi connectivity index (χ2v) is 1.43. The third-order valence-corrected chi connectivity index (χ3v) is 0.586. The van der Waals surface area contributed by atoms with Gasteiger partial charge in [-0.1, -0.05) is 0 Å². The van der Waals surface area contributed by atoms with Crippen LogP contribution in [0.4, 0.5) is 0 Å². The Kier molecular flexibility index (Phi) is 4.00. The average Bonchev–Trinajstić information content (AvgIpc) is 1.41. The van der Waals surface area contributed by atoms with E-state index in [-0.39, 0.29) is 0 Å². The average molecular weight is 118 g/mol. The number of hydrogen-bond acceptors (Lipinski definition) is 0. The van der Waals surface area contributed by atoms with Gasteiger partial charge in [-0.15, -0.1) is 0 Å². The normalized spacial score (nSPS) is 7.20. The molecule has 0 radical (unpaired) electrons. The molecule has 0 atom stereocenters. The zero-order chi connectivity index (χ0) is 4.12. The first-order chi connectivity index (χ1) is 2.41. The van der Waals surface area contributed by atoms with Gasteiger partial charge in [0.05, 0.1) is 0 Å². The minimum absolute atomic E-state index is 1.56. The molecule has 0 fully saturated rings. The van der Waals surface area contributed by atoms with Gasteiger partial charge < -0.3 is 0 Å². The van der Waals surface area contributed by atoms with Crippen LogP contribution in [-0.4, -0.2) is 0 Å². The molecule has 0 amide bonds. The fourth-order valence-corrected chi connectivity index (χ4v) is 0.207. The summed E-state index contributed by atoms with van der Waals surface area (Å²) in [6.45, 7) is 6.88. The van der Waals surface area contributed by atoms with E-state index in [2.05, 4.69) is 13.2 Å². The van der Waals surface area contributed by atoms with Crippen LogP contribution in [0.2, 0.25) is 0 Å². The summed E-state index contributed by atoms with van der Waals surface area (Å²) in [5.74, 6) is 0. The molecular weight excluding hydrogens is 112 g/mol. The first kappa shape index (κ1) is 5.00. The van der Waals surface area contributed by atoms with Crippen LogP contribution in [0.5, 0.6) is 0 Å². The van der Waals surface area contributed by atoms with E-state index >= 15 is 0 Å². The van der Waals surface area contributed by atoms with Crippen LogP contribution >= 0.6 is 0 Å². The molecule has 0 spiro atoms. The van der Waals surface area contributed by atoms with Gasteiger partial charge in [0.2, 0.25) is 0 Å². The van der Waals surface area contributed by atoms with E-state index in [0.717, 1.165) is 0 Å². The molecule has 0 saturated heterocycles. The quantitative estimate of drug-likeness (QED) is 0.479. The molecule has 0 bridgehead atoms. The molecule has 0 aliphatic carbocycles. The first-order valence-electron chi connectivity index (χ1n) is 1.16. The maximum absolute atomic E-state index is 3.44. The molecule has 1 heteroatoms. The van der Waals surface area contributed by atoms with E-state index in [9.17, 15) is 0 Å². The van der Waals surface area contributed by atoms with Gasteiger partial charge in [-0.25, -0.2) is 0 Å². The summed E-state index contributed by atoms with van der Waals surface area (Å²) in [4.78, 5) is 3.44. The molecule has 0 aromatic carbocycles. The van der Waals surface area contributed by atoms with Gasteiger partial charge in [-0.3, -0.25) is 0 Å². The van der Waals surface area contributed by atoms with Crippen molar-refractivity contribution in [2.75, 3.05) is 0 Å². The van der Waals surface area contributed by atoms with Crippen molar-refractivity contribution in [2.24, 2.45) is 0 Å². The maximum atomic E-state index is 3.44. The molecule has 0 aliphatic rings. The second kappa shape index (κ2) is 4.00. The topological polar surface area (TPSA) is 0 Å². The third kappa shape index (κ3) is 4.00. The summed E-state index contributed by atoms with van der Waals surface area (Å²) in [5, 5.41) is 0. The van der Waals surface area contributed by atoms with E-state index < -0.39 is 0 Å². The molecule has 0 nitrogen and oxygen atoms in total. The van der Waals surface area contributed by atoms with E-state index in [1.54, 1.807) is 24.9 Å². The van der Waals surface area contributed by atoms with Crippen molar-refractivity contribution in [1.82, 2.24) is 0 Å². The predicted molar refractivity (Wildman–Crippen MR) is 20.4 cm³/mol. The standard InChI is InChI=1S/2C2H3.Cu/c2*1-2;/h2*1H,2H2;. The fraction of sp³-hybridized carbons (Fsp3) is 0. The van der Waals surface area contributed by atoms with E-state index in [1.165, 1.54) is 0 Å². The third-order valence-electron chi connectivity index (χ3n) is 0.142. The summed E-state index contributed by atoms with van der Waals surface area (Å²) in [7, 11) is 0. The Morgan fingerprint density at radius 2 is 1.60 bits per heavy atom. The van der Waals surface area contributed by atoms with Crippen molar-refractivity contribution < 1.29 is 15.0 Å². The Morgan fingerprint density at radius 3 is 1.60 bits per heavy atom. The monoisotopic (exact) mass is 117 g/mol. The van der Waals surface area contributed by atoms with Gasteiger partial charge in [-0.2, -0.15) is 0 Å². The minimum atomic E-state index is 1.56. The van der Waals surface area contributed by atoms with Crippen LogP contribution in [0.1, 0.15) is 0 Å². The van der Waals surface area contributed by atoms with Gasteiger partial charge in [0.1, 0.15) is 0 Å². The molecule has 0 saturated carbocycles. The summed E-state index contributed by atoms with van der Waals surface area (Å²) >= 11 is 1.56. The Labute approximate surface area is 38.7 Å². The summed E-state index contributed by atoms with van der Waals surface area (Å²) in [6, 6.07) is 0. The molecular formula is C4H6Cu. The summed E-state index contributed by atoms with van der Waals surface area (Å²) in [5.41, 5.74) is 0. The Morgan fingerprint density at radius 1 is 1.20 bits per heavy atom. The van der Waals surface area contributed by atoms with Gasteiger partial charge >= 0.3 is 38.1 Å². The zero-order valence-electron chi connectivity index (χ0n) is 2.87. The molecule has 0 N–H and O–H groups in total. The van der Waals surface area contributed by atoms with Crippen LogP contribution in [0, 0.1) is 0 Å². The van der Waals surface area contributed by atoms with Gasteiger partial charge in [0.15, 0.2) is 0 Å². The fourth-order valence-electron chi connectivity index (χ4n) is 0.0503. The van der Waals surface area contributed by atoms with Gasteiger partial charge in [-0.05, 0) is 0 Å². The first-order valence-corrected chi connectivity index (χ1v) is 2.25. The van der Waals surface area contributed by atoms with Crippen molar-refractivity contribution in [1.29, 1.82) is 0 Å². The zero-order valence-corrected chi connectivity index (χ0v) is 3.81. The number of rotatable bonds is 2. The van der Waals surface area contributed by atoms with Crippen molar-refractivity contribution >= 4 is 0 Å². The Balaban J connectivity index is 2.65. The molecule has 33 valence electrons. The molecule has 0 unspecified atom stereocenters. The van der Waals surface area contributed by atoms with E-state index in [1.807, 2.05) is 0 Å². The van der Waals surface area contributed by atoms with Crippen LogP contribution in [0.3, 0.4) is 0 Å². The predicted octanol–water partition coefficient (Wildman–Crippen LogP) is 1.36. The summed E-state index contributed by atoms with van der Waals surface area (Å²) < 4.78 is 0. The Bertz CT molecular complexity index is 32.9. The van der Waals surface area contributed by atoms with E-state index in [4.69, 9.17) is 0 Å². The van der Waals surface area contributed by atoms with Crippen molar-refractivity contribution in [3.05, 3.63) is 23.1 Å². The second-order valence-electron chi connectivity index (χ2n) is 0.347. The van der Waals surface area contributed by atoms with Crippen LogP contribution in [0.25, 0.3) is 0 Å². The summed E-state index contributed by atoms with van der Waals surface area (Å²) in [6.07, 6.45) is 0. The molecule has 0 heterocycles. The molecule has 0 aliphatic heterocycles.